The highest BCUT2D eigenvalue weighted by molar-refractivity contribution is 5.78. The van der Waals surface area contributed by atoms with Crippen LogP contribution in [-0.4, -0.2) is 31.7 Å². The van der Waals surface area contributed by atoms with Crippen molar-refractivity contribution in [2.75, 3.05) is 19.8 Å². The van der Waals surface area contributed by atoms with Crippen molar-refractivity contribution in [1.82, 2.24) is 5.32 Å². The summed E-state index contributed by atoms with van der Waals surface area (Å²) < 4.78 is 5.22. The van der Waals surface area contributed by atoms with Gasteiger partial charge < -0.3 is 15.8 Å². The van der Waals surface area contributed by atoms with Gasteiger partial charge in [0, 0.05) is 18.6 Å². The summed E-state index contributed by atoms with van der Waals surface area (Å²) in [6.45, 7) is 7.72. The summed E-state index contributed by atoms with van der Waals surface area (Å²) in [5.74, 6) is 0.133. The highest BCUT2D eigenvalue weighted by atomic mass is 16.5. The molecule has 0 aromatic rings. The average Bonchev–Trinajstić information content (AvgIpc) is 2.22. The van der Waals surface area contributed by atoms with Crippen LogP contribution in [0.1, 0.15) is 33.6 Å². The Balaban J connectivity index is 3.70. The van der Waals surface area contributed by atoms with E-state index in [1.165, 1.54) is 0 Å². The zero-order valence-corrected chi connectivity index (χ0v) is 10.1. The number of hydrogen-bond donors (Lipinski definition) is 2. The van der Waals surface area contributed by atoms with Crippen molar-refractivity contribution >= 4 is 5.91 Å². The number of carbonyl (C=O) groups excluding carboxylic acids is 1. The predicted molar refractivity (Wildman–Crippen MR) is 61.6 cm³/mol. The summed E-state index contributed by atoms with van der Waals surface area (Å²) in [6.07, 6.45) is 1.75. The van der Waals surface area contributed by atoms with Crippen molar-refractivity contribution in [3.05, 3.63) is 0 Å². The third-order valence-corrected chi connectivity index (χ3v) is 2.25. The third-order valence-electron chi connectivity index (χ3n) is 2.25. The van der Waals surface area contributed by atoms with Crippen molar-refractivity contribution in [3.8, 4) is 0 Å². The summed E-state index contributed by atoms with van der Waals surface area (Å²) in [5, 5.41) is 2.92. The summed E-state index contributed by atoms with van der Waals surface area (Å²) in [7, 11) is 0. The first kappa shape index (κ1) is 14.4. The van der Waals surface area contributed by atoms with E-state index in [-0.39, 0.29) is 17.9 Å². The van der Waals surface area contributed by atoms with Crippen molar-refractivity contribution in [3.63, 3.8) is 0 Å². The Bertz CT molecular complexity index is 174. The molecule has 0 aliphatic carbocycles. The number of hydrogen-bond acceptors (Lipinski definition) is 3. The van der Waals surface area contributed by atoms with E-state index in [4.69, 9.17) is 10.5 Å². The number of nitrogens with one attached hydrogen (secondary N) is 1. The van der Waals surface area contributed by atoms with Gasteiger partial charge in [0.2, 0.25) is 5.91 Å². The van der Waals surface area contributed by atoms with Crippen LogP contribution in [0, 0.1) is 5.92 Å². The largest absolute Gasteiger partial charge is 0.380 e. The van der Waals surface area contributed by atoms with Gasteiger partial charge in [-0.1, -0.05) is 6.92 Å². The maximum absolute atomic E-state index is 11.6. The average molecular weight is 216 g/mol. The van der Waals surface area contributed by atoms with Crippen molar-refractivity contribution in [2.24, 2.45) is 11.7 Å². The summed E-state index contributed by atoms with van der Waals surface area (Å²) >= 11 is 0. The van der Waals surface area contributed by atoms with Gasteiger partial charge in [0.25, 0.3) is 0 Å². The molecule has 3 N–H and O–H groups in total. The molecule has 0 heterocycles. The lowest BCUT2D eigenvalue weighted by Gasteiger charge is -2.17. The minimum absolute atomic E-state index is 0.0395. The fraction of sp³-hybridized carbons (Fsp3) is 0.909. The minimum atomic E-state index is 0.0395. The van der Waals surface area contributed by atoms with E-state index in [1.54, 1.807) is 0 Å². The zero-order chi connectivity index (χ0) is 11.7. The zero-order valence-electron chi connectivity index (χ0n) is 10.1. The van der Waals surface area contributed by atoms with Crippen LogP contribution < -0.4 is 11.1 Å². The van der Waals surface area contributed by atoms with E-state index in [0.717, 1.165) is 12.8 Å². The molecule has 0 radical (unpaired) electrons. The number of amides is 1. The summed E-state index contributed by atoms with van der Waals surface area (Å²) in [5.41, 5.74) is 5.39. The van der Waals surface area contributed by atoms with Crippen LogP contribution in [0.4, 0.5) is 0 Å². The van der Waals surface area contributed by atoms with E-state index >= 15 is 0 Å². The number of rotatable bonds is 8. The van der Waals surface area contributed by atoms with Gasteiger partial charge in [0.1, 0.15) is 0 Å². The molecule has 0 aliphatic heterocycles. The molecule has 0 aromatic heterocycles. The quantitative estimate of drug-likeness (QED) is 0.633. The molecule has 2 atom stereocenters. The molecule has 0 saturated carbocycles. The molecule has 0 aromatic carbocycles. The van der Waals surface area contributed by atoms with Gasteiger partial charge in [-0.25, -0.2) is 0 Å². The molecular formula is C11H24N2O2. The van der Waals surface area contributed by atoms with E-state index < -0.39 is 0 Å². The first-order valence-electron chi connectivity index (χ1n) is 5.70. The number of carbonyl (C=O) groups is 1. The standard InChI is InChI=1S/C11H24N2O2/c1-4-15-8-10(3)13-11(14)9(2)6-5-7-12/h9-10H,4-8,12H2,1-3H3,(H,13,14). The van der Waals surface area contributed by atoms with Crippen LogP contribution in [0.3, 0.4) is 0 Å². The van der Waals surface area contributed by atoms with Gasteiger partial charge >= 0.3 is 0 Å². The molecule has 90 valence electrons. The molecule has 4 heteroatoms. The lowest BCUT2D eigenvalue weighted by Crippen LogP contribution is -2.39. The maximum Gasteiger partial charge on any atom is 0.223 e. The van der Waals surface area contributed by atoms with Crippen molar-refractivity contribution in [1.29, 1.82) is 0 Å². The van der Waals surface area contributed by atoms with Crippen LogP contribution in [0.15, 0.2) is 0 Å². The van der Waals surface area contributed by atoms with Crippen molar-refractivity contribution < 1.29 is 9.53 Å². The van der Waals surface area contributed by atoms with Crippen LogP contribution in [0.25, 0.3) is 0 Å². The van der Waals surface area contributed by atoms with Gasteiger partial charge in [-0.05, 0) is 33.2 Å². The lowest BCUT2D eigenvalue weighted by molar-refractivity contribution is -0.125. The van der Waals surface area contributed by atoms with E-state index in [0.29, 0.717) is 19.8 Å². The van der Waals surface area contributed by atoms with E-state index in [9.17, 15) is 4.79 Å². The number of ether oxygens (including phenoxy) is 1. The Morgan fingerprint density at radius 1 is 1.47 bits per heavy atom. The normalized spacial score (nSPS) is 14.7. The van der Waals surface area contributed by atoms with Gasteiger partial charge in [0.05, 0.1) is 6.61 Å². The Morgan fingerprint density at radius 3 is 2.67 bits per heavy atom. The summed E-state index contributed by atoms with van der Waals surface area (Å²) in [4.78, 5) is 11.6. The molecule has 0 spiro atoms. The predicted octanol–water partition coefficient (Wildman–Crippen LogP) is 0.903. The van der Waals surface area contributed by atoms with E-state index in [1.807, 2.05) is 20.8 Å². The lowest BCUT2D eigenvalue weighted by atomic mass is 10.0. The Morgan fingerprint density at radius 2 is 2.13 bits per heavy atom. The molecule has 0 fully saturated rings. The smallest absolute Gasteiger partial charge is 0.223 e. The fourth-order valence-electron chi connectivity index (χ4n) is 1.28. The SMILES string of the molecule is CCOCC(C)NC(=O)C(C)CCCN. The van der Waals surface area contributed by atoms with Gasteiger partial charge in [-0.2, -0.15) is 0 Å². The molecule has 4 nitrogen and oxygen atoms in total. The second-order valence-corrected chi connectivity index (χ2v) is 3.90. The Labute approximate surface area is 92.6 Å². The van der Waals surface area contributed by atoms with Gasteiger partial charge in [-0.15, -0.1) is 0 Å². The molecule has 2 unspecified atom stereocenters. The van der Waals surface area contributed by atoms with Crippen LogP contribution >= 0.6 is 0 Å². The Kier molecular flexibility index (Phi) is 8.33. The van der Waals surface area contributed by atoms with E-state index in [2.05, 4.69) is 5.32 Å². The van der Waals surface area contributed by atoms with Crippen molar-refractivity contribution in [2.45, 2.75) is 39.7 Å². The summed E-state index contributed by atoms with van der Waals surface area (Å²) in [6, 6.07) is 0.0813. The fourth-order valence-corrected chi connectivity index (χ4v) is 1.28. The molecule has 0 bridgehead atoms. The van der Waals surface area contributed by atoms with Crippen LogP contribution in [-0.2, 0) is 9.53 Å². The molecule has 1 amide bonds. The van der Waals surface area contributed by atoms with Gasteiger partial charge in [0.15, 0.2) is 0 Å². The van der Waals surface area contributed by atoms with Crippen LogP contribution in [0.2, 0.25) is 0 Å². The highest BCUT2D eigenvalue weighted by Gasteiger charge is 2.14. The second-order valence-electron chi connectivity index (χ2n) is 3.90. The Hall–Kier alpha value is -0.610. The maximum atomic E-state index is 11.6. The first-order chi connectivity index (χ1) is 7.11. The minimum Gasteiger partial charge on any atom is -0.380 e. The molecule has 0 aliphatic rings. The number of nitrogens with two attached hydrogens (primary N) is 1. The second kappa shape index (κ2) is 8.68. The topological polar surface area (TPSA) is 64.3 Å². The third kappa shape index (κ3) is 7.33. The molecule has 0 saturated heterocycles. The monoisotopic (exact) mass is 216 g/mol. The molecular weight excluding hydrogens is 192 g/mol. The first-order valence-corrected chi connectivity index (χ1v) is 5.70. The van der Waals surface area contributed by atoms with Gasteiger partial charge in [-0.3, -0.25) is 4.79 Å². The van der Waals surface area contributed by atoms with Crippen LogP contribution in [0.5, 0.6) is 0 Å². The molecule has 15 heavy (non-hydrogen) atoms. The highest BCUT2D eigenvalue weighted by Crippen LogP contribution is 2.04. The molecule has 0 rings (SSSR count).